The zero-order valence-electron chi connectivity index (χ0n) is 24.1. The third-order valence-corrected chi connectivity index (χ3v) is 8.85. The van der Waals surface area contributed by atoms with Gasteiger partial charge in [-0.2, -0.15) is 8.78 Å². The van der Waals surface area contributed by atoms with Crippen LogP contribution in [0.15, 0.2) is 54.6 Å². The predicted molar refractivity (Wildman–Crippen MR) is 156 cm³/mol. The molecule has 0 radical (unpaired) electrons. The SMILES string of the molecule is CCCCCC1COC(c2ccc(C3CCC(C(F)(F)Oc4ccc(-c5ccc(Cl)c(F)c5)c(F)c4)CC3)c(F)c2)OC1. The Kier molecular flexibility index (Phi) is 10.3. The average Bonchev–Trinajstić information content (AvgIpc) is 2.99. The molecule has 9 heteroatoms. The van der Waals surface area contributed by atoms with Gasteiger partial charge in [-0.1, -0.05) is 56.0 Å². The normalized spacial score (nSPS) is 22.9. The molecule has 1 aliphatic carbocycles. The molecule has 2 fully saturated rings. The highest BCUT2D eigenvalue weighted by Crippen LogP contribution is 2.44. The molecule has 0 spiro atoms. The second kappa shape index (κ2) is 14.0. The van der Waals surface area contributed by atoms with Gasteiger partial charge in [0.05, 0.1) is 24.2 Å². The fourth-order valence-corrected chi connectivity index (χ4v) is 6.16. The van der Waals surface area contributed by atoms with E-state index in [1.807, 2.05) is 0 Å². The van der Waals surface area contributed by atoms with Crippen molar-refractivity contribution in [1.82, 2.24) is 0 Å². The molecule has 232 valence electrons. The number of halogens is 6. The number of hydrogen-bond donors (Lipinski definition) is 0. The summed E-state index contributed by atoms with van der Waals surface area (Å²) in [6.07, 6.45) is 1.36. The van der Waals surface area contributed by atoms with Crippen molar-refractivity contribution in [2.45, 2.75) is 76.6 Å². The summed E-state index contributed by atoms with van der Waals surface area (Å²) in [6.45, 7) is 3.33. The van der Waals surface area contributed by atoms with Crippen LogP contribution in [0.25, 0.3) is 11.1 Å². The summed E-state index contributed by atoms with van der Waals surface area (Å²) in [4.78, 5) is 0. The molecule has 1 heterocycles. The number of benzene rings is 3. The van der Waals surface area contributed by atoms with Crippen LogP contribution in [0, 0.1) is 29.3 Å². The second-order valence-electron chi connectivity index (χ2n) is 11.6. The Hall–Kier alpha value is -2.68. The Morgan fingerprint density at radius 1 is 0.837 bits per heavy atom. The third-order valence-electron chi connectivity index (χ3n) is 8.55. The highest BCUT2D eigenvalue weighted by Gasteiger charge is 2.44. The van der Waals surface area contributed by atoms with E-state index in [-0.39, 0.29) is 40.7 Å². The van der Waals surface area contributed by atoms with E-state index in [2.05, 4.69) is 6.92 Å². The Morgan fingerprint density at radius 3 is 2.23 bits per heavy atom. The molecule has 1 saturated carbocycles. The quantitative estimate of drug-likeness (QED) is 0.166. The summed E-state index contributed by atoms with van der Waals surface area (Å²) in [7, 11) is 0. The number of rotatable bonds is 10. The summed E-state index contributed by atoms with van der Waals surface area (Å²) in [5.41, 5.74) is 1.37. The molecule has 0 amide bonds. The number of alkyl halides is 2. The molecule has 1 saturated heterocycles. The van der Waals surface area contributed by atoms with E-state index in [0.717, 1.165) is 31.4 Å². The van der Waals surface area contributed by atoms with Crippen LogP contribution in [-0.2, 0) is 9.47 Å². The van der Waals surface area contributed by atoms with Crippen molar-refractivity contribution in [3.63, 3.8) is 0 Å². The minimum absolute atomic E-state index is 0.0352. The van der Waals surface area contributed by atoms with Crippen LogP contribution >= 0.6 is 11.6 Å². The summed E-state index contributed by atoms with van der Waals surface area (Å²) < 4.78 is 90.7. The standard InChI is InChI=1S/C34H36ClF5O3/c1-2-3-4-5-21-19-41-33(42-20-21)24-8-13-27(30(36)17-24)22-6-10-25(11-7-22)34(39,40)43-26-12-14-28(31(37)18-26)23-9-15-29(35)32(38)16-23/h8-9,12-18,21-22,25,33H,2-7,10-11,19-20H2,1H3. The van der Waals surface area contributed by atoms with E-state index in [9.17, 15) is 8.78 Å². The van der Waals surface area contributed by atoms with Gasteiger partial charge in [0.2, 0.25) is 0 Å². The molecule has 3 aromatic rings. The van der Waals surface area contributed by atoms with Crippen molar-refractivity contribution in [2.24, 2.45) is 11.8 Å². The van der Waals surface area contributed by atoms with Crippen molar-refractivity contribution in [2.75, 3.05) is 13.2 Å². The molecule has 0 atom stereocenters. The van der Waals surface area contributed by atoms with Gasteiger partial charge in [0.15, 0.2) is 6.29 Å². The summed E-state index contributed by atoms with van der Waals surface area (Å²) in [5, 5.41) is -0.104. The van der Waals surface area contributed by atoms with Gasteiger partial charge in [-0.15, -0.1) is 0 Å². The zero-order valence-corrected chi connectivity index (χ0v) is 24.8. The van der Waals surface area contributed by atoms with E-state index >= 15 is 13.2 Å². The van der Waals surface area contributed by atoms with Crippen molar-refractivity contribution >= 4 is 11.6 Å². The highest BCUT2D eigenvalue weighted by molar-refractivity contribution is 6.30. The van der Waals surface area contributed by atoms with Crippen LogP contribution < -0.4 is 4.74 Å². The lowest BCUT2D eigenvalue weighted by Gasteiger charge is -2.34. The van der Waals surface area contributed by atoms with E-state index < -0.39 is 35.8 Å². The van der Waals surface area contributed by atoms with Gasteiger partial charge in [0, 0.05) is 23.1 Å². The van der Waals surface area contributed by atoms with Crippen molar-refractivity contribution in [1.29, 1.82) is 0 Å². The molecule has 3 nitrogen and oxygen atoms in total. The van der Waals surface area contributed by atoms with Gasteiger partial charge in [-0.3, -0.25) is 0 Å². The van der Waals surface area contributed by atoms with Crippen LogP contribution in [-0.4, -0.2) is 19.3 Å². The molecule has 43 heavy (non-hydrogen) atoms. The summed E-state index contributed by atoms with van der Waals surface area (Å²) in [6, 6.07) is 12.1. The second-order valence-corrected chi connectivity index (χ2v) is 12.0. The van der Waals surface area contributed by atoms with Crippen LogP contribution in [0.1, 0.15) is 81.6 Å². The first-order valence-electron chi connectivity index (χ1n) is 15.0. The van der Waals surface area contributed by atoms with E-state index in [0.29, 0.717) is 43.1 Å². The molecular weight excluding hydrogens is 587 g/mol. The number of hydrogen-bond acceptors (Lipinski definition) is 3. The van der Waals surface area contributed by atoms with Crippen LogP contribution in [0.4, 0.5) is 22.0 Å². The molecule has 0 aromatic heterocycles. The van der Waals surface area contributed by atoms with Gasteiger partial charge in [-0.25, -0.2) is 13.2 Å². The molecule has 0 bridgehead atoms. The van der Waals surface area contributed by atoms with Crippen LogP contribution in [0.3, 0.4) is 0 Å². The molecule has 3 aromatic carbocycles. The monoisotopic (exact) mass is 622 g/mol. The van der Waals surface area contributed by atoms with Crippen molar-refractivity contribution in [3.05, 3.63) is 88.2 Å². The molecule has 0 N–H and O–H groups in total. The maximum Gasteiger partial charge on any atom is 0.400 e. The smallest absolute Gasteiger partial charge is 0.400 e. The van der Waals surface area contributed by atoms with Crippen LogP contribution in [0.2, 0.25) is 5.02 Å². The first kappa shape index (κ1) is 31.7. The predicted octanol–water partition coefficient (Wildman–Crippen LogP) is 10.6. The minimum atomic E-state index is -3.54. The lowest BCUT2D eigenvalue weighted by atomic mass is 9.78. The summed E-state index contributed by atoms with van der Waals surface area (Å²) >= 11 is 5.69. The van der Waals surface area contributed by atoms with E-state index in [1.165, 1.54) is 36.8 Å². The first-order chi connectivity index (χ1) is 20.6. The topological polar surface area (TPSA) is 27.7 Å². The molecular formula is C34H36ClF5O3. The van der Waals surface area contributed by atoms with Gasteiger partial charge in [-0.05, 0) is 79.5 Å². The Morgan fingerprint density at radius 2 is 1.58 bits per heavy atom. The van der Waals surface area contributed by atoms with Crippen molar-refractivity contribution in [3.8, 4) is 16.9 Å². The largest absolute Gasteiger partial charge is 0.432 e. The van der Waals surface area contributed by atoms with Gasteiger partial charge >= 0.3 is 6.11 Å². The van der Waals surface area contributed by atoms with Crippen molar-refractivity contribution < 1.29 is 36.2 Å². The Bertz CT molecular complexity index is 1380. The fourth-order valence-electron chi connectivity index (χ4n) is 6.04. The Balaban J connectivity index is 1.15. The van der Waals surface area contributed by atoms with Gasteiger partial charge in [0.25, 0.3) is 0 Å². The fraction of sp³-hybridized carbons (Fsp3) is 0.471. The molecule has 2 aliphatic rings. The maximum absolute atomic E-state index is 15.2. The van der Waals surface area contributed by atoms with Crippen LogP contribution in [0.5, 0.6) is 5.75 Å². The minimum Gasteiger partial charge on any atom is -0.432 e. The average molecular weight is 623 g/mol. The Labute approximate surface area is 254 Å². The summed E-state index contributed by atoms with van der Waals surface area (Å²) in [5.74, 6) is -3.21. The molecule has 5 rings (SSSR count). The lowest BCUT2D eigenvalue weighted by Crippen LogP contribution is -2.37. The van der Waals surface area contributed by atoms with E-state index in [4.69, 9.17) is 25.8 Å². The van der Waals surface area contributed by atoms with Gasteiger partial charge < -0.3 is 14.2 Å². The zero-order chi connectivity index (χ0) is 30.6. The lowest BCUT2D eigenvalue weighted by molar-refractivity contribution is -0.222. The third kappa shape index (κ3) is 7.70. The number of unbranched alkanes of at least 4 members (excludes halogenated alkanes) is 2. The van der Waals surface area contributed by atoms with E-state index in [1.54, 1.807) is 12.1 Å². The molecule has 1 aliphatic heterocycles. The molecule has 0 unspecified atom stereocenters. The first-order valence-corrected chi connectivity index (χ1v) is 15.4. The number of ether oxygens (including phenoxy) is 3. The highest BCUT2D eigenvalue weighted by atomic mass is 35.5. The maximum atomic E-state index is 15.2. The van der Waals surface area contributed by atoms with Gasteiger partial charge in [0.1, 0.15) is 23.2 Å².